The molecule has 0 saturated heterocycles. The van der Waals surface area contributed by atoms with Crippen LogP contribution in [0.2, 0.25) is 0 Å². The summed E-state index contributed by atoms with van der Waals surface area (Å²) in [6.07, 6.45) is 1.99. The zero-order valence-corrected chi connectivity index (χ0v) is 20.9. The zero-order valence-electron chi connectivity index (χ0n) is 20.9. The summed E-state index contributed by atoms with van der Waals surface area (Å²) in [6.45, 7) is 11.3. The number of amides is 1. The zero-order chi connectivity index (χ0) is 24.4. The molecule has 1 N–H and O–H groups in total. The standard InChI is InChI=1S/C30H33NO3/c1-7-34-23-10-8-9-21(16-23)22-11-12-24-27(30(32)31-28(24)17-22)15-20-13-25(18(2)3)29(33-6)26(14-20)19(4)5/h8-19H,7H2,1-6H3,(H,31,32)/b27-15+. The third kappa shape index (κ3) is 4.58. The molecule has 0 saturated carbocycles. The van der Waals surface area contributed by atoms with Crippen LogP contribution in [0.4, 0.5) is 5.69 Å². The summed E-state index contributed by atoms with van der Waals surface area (Å²) in [5.74, 6) is 2.33. The molecule has 1 amide bonds. The average Bonchev–Trinajstić information content (AvgIpc) is 3.12. The Hall–Kier alpha value is -3.53. The fraction of sp³-hybridized carbons (Fsp3) is 0.300. The van der Waals surface area contributed by atoms with Gasteiger partial charge in [-0.25, -0.2) is 0 Å². The van der Waals surface area contributed by atoms with Crippen LogP contribution in [0.15, 0.2) is 54.6 Å². The Labute approximate surface area is 202 Å². The minimum absolute atomic E-state index is 0.0803. The van der Waals surface area contributed by atoms with E-state index in [1.165, 1.54) is 0 Å². The smallest absolute Gasteiger partial charge is 0.256 e. The first kappa shape index (κ1) is 23.6. The van der Waals surface area contributed by atoms with Gasteiger partial charge in [0.15, 0.2) is 0 Å². The largest absolute Gasteiger partial charge is 0.496 e. The minimum atomic E-state index is -0.0803. The van der Waals surface area contributed by atoms with E-state index in [0.29, 0.717) is 24.0 Å². The first-order valence-corrected chi connectivity index (χ1v) is 11.9. The minimum Gasteiger partial charge on any atom is -0.496 e. The highest BCUT2D eigenvalue weighted by Gasteiger charge is 2.25. The van der Waals surface area contributed by atoms with Crippen LogP contribution in [0.1, 0.15) is 68.7 Å². The van der Waals surface area contributed by atoms with Crippen molar-refractivity contribution in [1.29, 1.82) is 0 Å². The normalized spacial score (nSPS) is 14.0. The second-order valence-corrected chi connectivity index (χ2v) is 9.28. The highest BCUT2D eigenvalue weighted by molar-refractivity contribution is 6.35. The topological polar surface area (TPSA) is 47.6 Å². The van der Waals surface area contributed by atoms with Gasteiger partial charge in [0.2, 0.25) is 0 Å². The van der Waals surface area contributed by atoms with E-state index in [-0.39, 0.29) is 5.91 Å². The van der Waals surface area contributed by atoms with Crippen molar-refractivity contribution < 1.29 is 14.3 Å². The van der Waals surface area contributed by atoms with E-state index < -0.39 is 0 Å². The molecule has 0 fully saturated rings. The van der Waals surface area contributed by atoms with Crippen LogP contribution >= 0.6 is 0 Å². The molecule has 0 aliphatic carbocycles. The molecule has 1 aliphatic rings. The molecule has 0 spiro atoms. The molecule has 3 aromatic rings. The number of rotatable bonds is 7. The predicted octanol–water partition coefficient (Wildman–Crippen LogP) is 7.50. The van der Waals surface area contributed by atoms with Crippen molar-refractivity contribution >= 4 is 23.2 Å². The van der Waals surface area contributed by atoms with Crippen molar-refractivity contribution in [2.75, 3.05) is 19.0 Å². The second kappa shape index (κ2) is 9.76. The summed E-state index contributed by atoms with van der Waals surface area (Å²) >= 11 is 0. The molecule has 0 aromatic heterocycles. The van der Waals surface area contributed by atoms with Gasteiger partial charge in [0.05, 0.1) is 13.7 Å². The van der Waals surface area contributed by atoms with Crippen LogP contribution in [0, 0.1) is 0 Å². The molecule has 0 radical (unpaired) electrons. The fourth-order valence-electron chi connectivity index (χ4n) is 4.49. The summed E-state index contributed by atoms with van der Waals surface area (Å²) in [7, 11) is 1.73. The van der Waals surface area contributed by atoms with Crippen molar-refractivity contribution in [1.82, 2.24) is 0 Å². The van der Waals surface area contributed by atoms with E-state index in [1.807, 2.05) is 43.3 Å². The van der Waals surface area contributed by atoms with Crippen LogP contribution in [0.3, 0.4) is 0 Å². The molecule has 34 heavy (non-hydrogen) atoms. The molecular formula is C30H33NO3. The van der Waals surface area contributed by atoms with Crippen LogP contribution in [-0.4, -0.2) is 19.6 Å². The van der Waals surface area contributed by atoms with Gasteiger partial charge in [0.1, 0.15) is 11.5 Å². The van der Waals surface area contributed by atoms with Crippen LogP contribution in [0.5, 0.6) is 11.5 Å². The Morgan fingerprint density at radius 3 is 2.21 bits per heavy atom. The van der Waals surface area contributed by atoms with Crippen molar-refractivity contribution in [3.8, 4) is 22.6 Å². The number of benzene rings is 3. The van der Waals surface area contributed by atoms with E-state index in [0.717, 1.165) is 50.6 Å². The van der Waals surface area contributed by atoms with Gasteiger partial charge in [0, 0.05) is 16.8 Å². The molecule has 3 aromatic carbocycles. The first-order valence-electron chi connectivity index (χ1n) is 11.9. The van der Waals surface area contributed by atoms with Crippen LogP contribution in [0.25, 0.3) is 22.8 Å². The fourth-order valence-corrected chi connectivity index (χ4v) is 4.49. The average molecular weight is 456 g/mol. The highest BCUT2D eigenvalue weighted by Crippen LogP contribution is 2.39. The van der Waals surface area contributed by atoms with Crippen molar-refractivity contribution in [2.24, 2.45) is 0 Å². The lowest BCUT2D eigenvalue weighted by Gasteiger charge is -2.19. The summed E-state index contributed by atoms with van der Waals surface area (Å²) in [5.41, 5.74) is 7.85. The molecule has 1 aliphatic heterocycles. The Morgan fingerprint density at radius 2 is 1.59 bits per heavy atom. The van der Waals surface area contributed by atoms with E-state index in [4.69, 9.17) is 9.47 Å². The third-order valence-corrected chi connectivity index (χ3v) is 6.21. The van der Waals surface area contributed by atoms with Crippen molar-refractivity contribution in [3.05, 3.63) is 76.9 Å². The van der Waals surface area contributed by atoms with Crippen LogP contribution < -0.4 is 14.8 Å². The number of hydrogen-bond acceptors (Lipinski definition) is 3. The number of carbonyl (C=O) groups excluding carboxylic acids is 1. The predicted molar refractivity (Wildman–Crippen MR) is 141 cm³/mol. The van der Waals surface area contributed by atoms with Gasteiger partial charge in [-0.2, -0.15) is 0 Å². The molecule has 4 heteroatoms. The second-order valence-electron chi connectivity index (χ2n) is 9.28. The SMILES string of the molecule is CCOc1cccc(-c2ccc3c(c2)NC(=O)/C3=C/c2cc(C(C)C)c(OC)c(C(C)C)c2)c1. The number of ether oxygens (including phenoxy) is 2. The van der Waals surface area contributed by atoms with E-state index >= 15 is 0 Å². The van der Waals surface area contributed by atoms with Crippen molar-refractivity contribution in [2.45, 2.75) is 46.5 Å². The molecule has 4 rings (SSSR count). The lowest BCUT2D eigenvalue weighted by molar-refractivity contribution is -0.110. The Morgan fingerprint density at radius 1 is 0.912 bits per heavy atom. The molecule has 0 atom stereocenters. The molecular weight excluding hydrogens is 422 g/mol. The van der Waals surface area contributed by atoms with Gasteiger partial charge in [0.25, 0.3) is 5.91 Å². The van der Waals surface area contributed by atoms with Crippen molar-refractivity contribution in [3.63, 3.8) is 0 Å². The van der Waals surface area contributed by atoms with Gasteiger partial charge < -0.3 is 14.8 Å². The number of fused-ring (bicyclic) bond motifs is 1. The first-order chi connectivity index (χ1) is 16.3. The Balaban J connectivity index is 1.75. The summed E-state index contributed by atoms with van der Waals surface area (Å²) < 4.78 is 11.4. The number of nitrogens with one attached hydrogen (secondary N) is 1. The number of hydrogen-bond donors (Lipinski definition) is 1. The lowest BCUT2D eigenvalue weighted by atomic mass is 9.90. The third-order valence-electron chi connectivity index (χ3n) is 6.21. The van der Waals surface area contributed by atoms with Gasteiger partial charge in [-0.05, 0) is 83.0 Å². The number of methoxy groups -OCH3 is 1. The lowest BCUT2D eigenvalue weighted by Crippen LogP contribution is -2.04. The van der Waals surface area contributed by atoms with Gasteiger partial charge >= 0.3 is 0 Å². The Kier molecular flexibility index (Phi) is 6.78. The highest BCUT2D eigenvalue weighted by atomic mass is 16.5. The maximum Gasteiger partial charge on any atom is 0.256 e. The monoisotopic (exact) mass is 455 g/mol. The maximum absolute atomic E-state index is 13.0. The van der Waals surface area contributed by atoms with E-state index in [2.05, 4.69) is 57.3 Å². The molecule has 1 heterocycles. The molecule has 0 bridgehead atoms. The van der Waals surface area contributed by atoms with Gasteiger partial charge in [-0.3, -0.25) is 4.79 Å². The Bertz CT molecular complexity index is 1220. The summed E-state index contributed by atoms with van der Waals surface area (Å²) in [5, 5.41) is 3.05. The van der Waals surface area contributed by atoms with E-state index in [9.17, 15) is 4.79 Å². The van der Waals surface area contributed by atoms with Gasteiger partial charge in [-0.1, -0.05) is 52.0 Å². The summed E-state index contributed by atoms with van der Waals surface area (Å²) in [4.78, 5) is 13.0. The number of carbonyl (C=O) groups is 1. The maximum atomic E-state index is 13.0. The quantitative estimate of drug-likeness (QED) is 0.375. The van der Waals surface area contributed by atoms with E-state index in [1.54, 1.807) is 7.11 Å². The van der Waals surface area contributed by atoms with Crippen LogP contribution in [-0.2, 0) is 4.79 Å². The number of anilines is 1. The summed E-state index contributed by atoms with van der Waals surface area (Å²) in [6, 6.07) is 18.4. The molecule has 0 unspecified atom stereocenters. The molecule has 176 valence electrons. The van der Waals surface area contributed by atoms with Gasteiger partial charge in [-0.15, -0.1) is 0 Å². The molecule has 4 nitrogen and oxygen atoms in total.